The molecule has 0 amide bonds. The van der Waals surface area contributed by atoms with Gasteiger partial charge in [-0.3, -0.25) is 9.89 Å². The summed E-state index contributed by atoms with van der Waals surface area (Å²) in [6, 6.07) is 15.9. The average molecular weight is 541 g/mol. The summed E-state index contributed by atoms with van der Waals surface area (Å²) in [6.45, 7) is 6.98. The maximum absolute atomic E-state index is 5.49. The molecule has 2 aromatic carbocycles. The highest BCUT2D eigenvalue weighted by Crippen LogP contribution is 2.22. The highest BCUT2D eigenvalue weighted by atomic mass is 127. The molecule has 4 rings (SSSR count). The van der Waals surface area contributed by atoms with Crippen LogP contribution in [0.4, 0.5) is 0 Å². The van der Waals surface area contributed by atoms with Crippen LogP contribution in [0.3, 0.4) is 0 Å². The van der Waals surface area contributed by atoms with Crippen LogP contribution in [0.5, 0.6) is 0 Å². The molecule has 2 aliphatic heterocycles. The Balaban J connectivity index is 0.00000256. The number of guanidine groups is 1. The van der Waals surface area contributed by atoms with Crippen molar-refractivity contribution in [3.8, 4) is 0 Å². The molecule has 30 heavy (non-hydrogen) atoms. The van der Waals surface area contributed by atoms with Gasteiger partial charge in [-0.25, -0.2) is 0 Å². The van der Waals surface area contributed by atoms with Gasteiger partial charge in [0.25, 0.3) is 0 Å². The molecule has 2 saturated heterocycles. The van der Waals surface area contributed by atoms with Crippen molar-refractivity contribution >= 4 is 52.5 Å². The van der Waals surface area contributed by atoms with Crippen LogP contribution in [-0.2, 0) is 10.5 Å². The molecule has 2 aromatic rings. The Morgan fingerprint density at radius 1 is 1.13 bits per heavy atom. The quantitative estimate of drug-likeness (QED) is 0.262. The van der Waals surface area contributed by atoms with Crippen molar-refractivity contribution in [3.63, 3.8) is 0 Å². The summed E-state index contributed by atoms with van der Waals surface area (Å²) in [5.74, 6) is 3.17. The number of benzene rings is 2. The molecule has 5 nitrogen and oxygen atoms in total. The minimum Gasteiger partial charge on any atom is -0.379 e. The summed E-state index contributed by atoms with van der Waals surface area (Å²) in [5, 5.41) is 6.27. The highest BCUT2D eigenvalue weighted by molar-refractivity contribution is 14.0. The number of morpholine rings is 1. The smallest absolute Gasteiger partial charge is 0.193 e. The van der Waals surface area contributed by atoms with Gasteiger partial charge < -0.3 is 15.0 Å². The van der Waals surface area contributed by atoms with Crippen molar-refractivity contribution in [2.24, 2.45) is 4.99 Å². The van der Waals surface area contributed by atoms with Crippen molar-refractivity contribution in [3.05, 3.63) is 48.0 Å². The number of rotatable bonds is 6. The van der Waals surface area contributed by atoms with E-state index in [0.29, 0.717) is 6.04 Å². The normalized spacial score (nSPS) is 20.4. The van der Waals surface area contributed by atoms with E-state index in [1.165, 1.54) is 22.8 Å². The number of nitrogens with zero attached hydrogens (tertiary/aromatic N) is 3. The van der Waals surface area contributed by atoms with E-state index in [1.54, 1.807) is 0 Å². The summed E-state index contributed by atoms with van der Waals surface area (Å²) in [5.41, 5.74) is 1.42. The van der Waals surface area contributed by atoms with Crippen LogP contribution in [-0.4, -0.2) is 80.5 Å². The number of fused-ring (bicyclic) bond motifs is 1. The lowest BCUT2D eigenvalue weighted by molar-refractivity contribution is 0.0195. The van der Waals surface area contributed by atoms with Gasteiger partial charge in [-0.1, -0.05) is 42.5 Å². The van der Waals surface area contributed by atoms with Gasteiger partial charge in [0, 0.05) is 57.3 Å². The van der Waals surface area contributed by atoms with E-state index in [-0.39, 0.29) is 24.0 Å². The fourth-order valence-electron chi connectivity index (χ4n) is 4.34. The summed E-state index contributed by atoms with van der Waals surface area (Å²) in [4.78, 5) is 9.52. The number of likely N-dealkylation sites (tertiary alicyclic amines) is 1. The third kappa shape index (κ3) is 6.02. The summed E-state index contributed by atoms with van der Waals surface area (Å²) in [6.07, 6.45) is 1.22. The number of nitrogens with one attached hydrogen (secondary N) is 1. The molecule has 1 unspecified atom stereocenters. The van der Waals surface area contributed by atoms with Crippen molar-refractivity contribution in [2.75, 3.05) is 58.7 Å². The van der Waals surface area contributed by atoms with Crippen LogP contribution >= 0.6 is 35.7 Å². The average Bonchev–Trinajstić information content (AvgIpc) is 3.27. The van der Waals surface area contributed by atoms with Gasteiger partial charge in [-0.15, -0.1) is 24.0 Å². The highest BCUT2D eigenvalue weighted by Gasteiger charge is 2.30. The molecule has 1 N–H and O–H groups in total. The number of ether oxygens (including phenoxy) is 1. The van der Waals surface area contributed by atoms with Crippen LogP contribution in [0.1, 0.15) is 12.0 Å². The molecular weight excluding hydrogens is 507 g/mol. The monoisotopic (exact) mass is 540 g/mol. The number of halogens is 1. The largest absolute Gasteiger partial charge is 0.379 e. The van der Waals surface area contributed by atoms with E-state index in [9.17, 15) is 0 Å². The molecule has 0 saturated carbocycles. The zero-order chi connectivity index (χ0) is 19.9. The Morgan fingerprint density at radius 3 is 2.77 bits per heavy atom. The second kappa shape index (κ2) is 12.1. The van der Waals surface area contributed by atoms with E-state index < -0.39 is 0 Å². The van der Waals surface area contributed by atoms with E-state index >= 15 is 0 Å². The first-order valence-electron chi connectivity index (χ1n) is 10.7. The maximum atomic E-state index is 5.49. The van der Waals surface area contributed by atoms with Gasteiger partial charge >= 0.3 is 0 Å². The van der Waals surface area contributed by atoms with E-state index in [4.69, 9.17) is 4.74 Å². The maximum Gasteiger partial charge on any atom is 0.193 e. The number of hydrogen-bond donors (Lipinski definition) is 1. The fourth-order valence-corrected chi connectivity index (χ4v) is 5.21. The van der Waals surface area contributed by atoms with Crippen molar-refractivity contribution in [1.29, 1.82) is 0 Å². The summed E-state index contributed by atoms with van der Waals surface area (Å²) in [7, 11) is 1.90. The van der Waals surface area contributed by atoms with E-state index in [0.717, 1.165) is 63.4 Å². The molecule has 164 valence electrons. The van der Waals surface area contributed by atoms with Gasteiger partial charge in [0.2, 0.25) is 0 Å². The minimum absolute atomic E-state index is 0. The lowest BCUT2D eigenvalue weighted by Crippen LogP contribution is -2.47. The Kier molecular flexibility index (Phi) is 9.55. The first-order valence-corrected chi connectivity index (χ1v) is 11.8. The molecule has 2 heterocycles. The van der Waals surface area contributed by atoms with E-state index in [2.05, 4.69) is 62.6 Å². The second-order valence-corrected chi connectivity index (χ2v) is 8.81. The van der Waals surface area contributed by atoms with Crippen LogP contribution in [0.2, 0.25) is 0 Å². The Labute approximate surface area is 201 Å². The molecule has 1 atom stereocenters. The zero-order valence-corrected chi connectivity index (χ0v) is 20.9. The molecule has 0 radical (unpaired) electrons. The first-order chi connectivity index (χ1) is 14.3. The number of hydrogen-bond acceptors (Lipinski definition) is 4. The van der Waals surface area contributed by atoms with Gasteiger partial charge in [0.1, 0.15) is 0 Å². The van der Waals surface area contributed by atoms with Gasteiger partial charge in [-0.05, 0) is 22.8 Å². The predicted octanol–water partition coefficient (Wildman–Crippen LogP) is 3.67. The lowest BCUT2D eigenvalue weighted by Gasteiger charge is -2.32. The molecule has 0 spiro atoms. The van der Waals surface area contributed by atoms with Crippen LogP contribution in [0, 0.1) is 0 Å². The molecular formula is C23H33IN4OS. The third-order valence-corrected chi connectivity index (χ3v) is 6.91. The van der Waals surface area contributed by atoms with Crippen molar-refractivity contribution in [1.82, 2.24) is 15.1 Å². The molecule has 2 aliphatic rings. The van der Waals surface area contributed by atoms with Crippen LogP contribution in [0.15, 0.2) is 47.5 Å². The summed E-state index contributed by atoms with van der Waals surface area (Å²) < 4.78 is 5.49. The minimum atomic E-state index is 0. The zero-order valence-electron chi connectivity index (χ0n) is 17.8. The predicted molar refractivity (Wildman–Crippen MR) is 139 cm³/mol. The lowest BCUT2D eigenvalue weighted by atomic mass is 10.1. The summed E-state index contributed by atoms with van der Waals surface area (Å²) >= 11 is 1.98. The van der Waals surface area contributed by atoms with Gasteiger partial charge in [0.15, 0.2) is 5.96 Å². The van der Waals surface area contributed by atoms with Crippen molar-refractivity contribution < 1.29 is 4.74 Å². The second-order valence-electron chi connectivity index (χ2n) is 7.70. The topological polar surface area (TPSA) is 40.1 Å². The Morgan fingerprint density at radius 2 is 1.93 bits per heavy atom. The molecule has 0 aliphatic carbocycles. The van der Waals surface area contributed by atoms with Crippen LogP contribution < -0.4 is 5.32 Å². The third-order valence-electron chi connectivity index (χ3n) is 5.90. The van der Waals surface area contributed by atoms with Gasteiger partial charge in [-0.2, -0.15) is 11.8 Å². The Bertz CT molecular complexity index is 822. The molecule has 2 fully saturated rings. The Hall–Kier alpha value is -1.03. The van der Waals surface area contributed by atoms with E-state index in [1.807, 2.05) is 18.8 Å². The molecule has 0 aromatic heterocycles. The first kappa shape index (κ1) is 23.6. The molecule has 0 bridgehead atoms. The van der Waals surface area contributed by atoms with Crippen molar-refractivity contribution in [2.45, 2.75) is 18.2 Å². The number of aliphatic imine (C=N–C) groups is 1. The fraction of sp³-hybridized carbons (Fsp3) is 0.522. The number of thioether (sulfide) groups is 1. The standard InChI is InChI=1S/C23H32N4OS.HI/c1-24-23(27-11-9-21(17-27)26-12-14-28-15-13-26)25-10-16-29-18-20-7-4-6-19-5-2-3-8-22(19)20;/h2-8,21H,9-18H2,1H3,(H,24,25);1H. The molecule has 7 heteroatoms. The van der Waals surface area contributed by atoms with Crippen LogP contribution in [0.25, 0.3) is 10.8 Å². The SMILES string of the molecule is CN=C(NCCSCc1cccc2ccccc12)N1CCC(N2CCOCC2)C1.I. The van der Waals surface area contributed by atoms with Gasteiger partial charge in [0.05, 0.1) is 13.2 Å².